The molecule has 0 aliphatic rings. The number of rotatable bonds is 6. The van der Waals surface area contributed by atoms with Crippen LogP contribution in [0.2, 0.25) is 0 Å². The average molecular weight is 292 g/mol. The monoisotopic (exact) mass is 292 g/mol. The summed E-state index contributed by atoms with van der Waals surface area (Å²) in [5.41, 5.74) is 6.98. The second kappa shape index (κ2) is 6.72. The lowest BCUT2D eigenvalue weighted by Gasteiger charge is -2.14. The van der Waals surface area contributed by atoms with Gasteiger partial charge in [-0.05, 0) is 31.9 Å². The Hall–Kier alpha value is -1.59. The topological polar surface area (TPSA) is 57.4 Å². The van der Waals surface area contributed by atoms with E-state index in [1.54, 1.807) is 18.4 Å². The second-order valence-electron chi connectivity index (χ2n) is 4.79. The highest BCUT2D eigenvalue weighted by atomic mass is 32.1. The van der Waals surface area contributed by atoms with Gasteiger partial charge in [-0.15, -0.1) is 11.3 Å². The molecule has 0 bridgehead atoms. The molecule has 1 aromatic heterocycles. The number of ether oxygens (including phenoxy) is 2. The molecule has 20 heavy (non-hydrogen) atoms. The van der Waals surface area contributed by atoms with Crippen LogP contribution in [0.25, 0.3) is 0 Å². The van der Waals surface area contributed by atoms with Crippen LogP contribution in [-0.4, -0.2) is 18.1 Å². The normalized spacial score (nSPS) is 12.2. The SMILES string of the molecule is COc1ccc(CC(C)N)c(OCc2cnc(C)s2)c1. The number of nitrogens with zero attached hydrogens (tertiary/aromatic N) is 1. The van der Waals surface area contributed by atoms with Crippen LogP contribution >= 0.6 is 11.3 Å². The molecule has 0 radical (unpaired) electrons. The van der Waals surface area contributed by atoms with Crippen LogP contribution in [-0.2, 0) is 13.0 Å². The Morgan fingerprint density at radius 3 is 2.80 bits per heavy atom. The fraction of sp³-hybridized carbons (Fsp3) is 0.400. The summed E-state index contributed by atoms with van der Waals surface area (Å²) in [5.74, 6) is 1.61. The summed E-state index contributed by atoms with van der Waals surface area (Å²) in [7, 11) is 1.65. The van der Waals surface area contributed by atoms with Gasteiger partial charge in [0.2, 0.25) is 0 Å². The van der Waals surface area contributed by atoms with Crippen molar-refractivity contribution in [3.05, 3.63) is 39.8 Å². The third-order valence-corrected chi connectivity index (χ3v) is 3.74. The fourth-order valence-electron chi connectivity index (χ4n) is 1.93. The molecule has 0 aliphatic carbocycles. The largest absolute Gasteiger partial charge is 0.497 e. The summed E-state index contributed by atoms with van der Waals surface area (Å²) in [6.45, 7) is 4.49. The smallest absolute Gasteiger partial charge is 0.126 e. The molecule has 0 saturated carbocycles. The minimum atomic E-state index is 0.0939. The Balaban J connectivity index is 2.14. The first-order valence-electron chi connectivity index (χ1n) is 6.55. The Labute approximate surface area is 123 Å². The molecule has 0 aliphatic heterocycles. The molecule has 1 heterocycles. The maximum atomic E-state index is 5.91. The van der Waals surface area contributed by atoms with E-state index in [4.69, 9.17) is 15.2 Å². The van der Waals surface area contributed by atoms with E-state index >= 15 is 0 Å². The standard InChI is InChI=1S/C15H20N2O2S/c1-10(16)6-12-4-5-13(18-3)7-15(12)19-9-14-8-17-11(2)20-14/h4-5,7-8,10H,6,9,16H2,1-3H3. The molecule has 0 spiro atoms. The molecule has 108 valence electrons. The highest BCUT2D eigenvalue weighted by Gasteiger charge is 2.09. The van der Waals surface area contributed by atoms with Crippen LogP contribution in [0.5, 0.6) is 11.5 Å². The van der Waals surface area contributed by atoms with Gasteiger partial charge in [-0.1, -0.05) is 6.07 Å². The molecule has 1 aromatic carbocycles. The Morgan fingerprint density at radius 1 is 1.40 bits per heavy atom. The Bertz CT molecular complexity index is 567. The van der Waals surface area contributed by atoms with Gasteiger partial charge in [0.1, 0.15) is 18.1 Å². The van der Waals surface area contributed by atoms with Crippen LogP contribution in [0.1, 0.15) is 22.4 Å². The van der Waals surface area contributed by atoms with Crippen molar-refractivity contribution in [3.8, 4) is 11.5 Å². The number of aryl methyl sites for hydroxylation is 1. The maximum absolute atomic E-state index is 5.91. The van der Waals surface area contributed by atoms with E-state index in [1.807, 2.05) is 38.2 Å². The molecule has 0 amide bonds. The molecule has 1 unspecified atom stereocenters. The first kappa shape index (κ1) is 14.8. The zero-order valence-corrected chi connectivity index (χ0v) is 12.9. The summed E-state index contributed by atoms with van der Waals surface area (Å²) in [6.07, 6.45) is 2.63. The molecule has 5 heteroatoms. The fourth-order valence-corrected chi connectivity index (χ4v) is 2.64. The number of benzene rings is 1. The molecule has 1 atom stereocenters. The van der Waals surface area contributed by atoms with Crippen molar-refractivity contribution in [1.82, 2.24) is 4.98 Å². The Kier molecular flexibility index (Phi) is 4.98. The van der Waals surface area contributed by atoms with Crippen LogP contribution in [0.3, 0.4) is 0 Å². The number of hydrogen-bond donors (Lipinski definition) is 1. The lowest BCUT2D eigenvalue weighted by Crippen LogP contribution is -2.18. The Morgan fingerprint density at radius 2 is 2.20 bits per heavy atom. The predicted molar refractivity (Wildman–Crippen MR) is 81.5 cm³/mol. The summed E-state index contributed by atoms with van der Waals surface area (Å²) in [4.78, 5) is 5.34. The predicted octanol–water partition coefficient (Wildman–Crippen LogP) is 2.93. The van der Waals surface area contributed by atoms with Gasteiger partial charge in [-0.3, -0.25) is 0 Å². The number of hydrogen-bond acceptors (Lipinski definition) is 5. The van der Waals surface area contributed by atoms with E-state index in [0.717, 1.165) is 33.4 Å². The van der Waals surface area contributed by atoms with E-state index in [2.05, 4.69) is 4.98 Å². The van der Waals surface area contributed by atoms with Crippen molar-refractivity contribution in [3.63, 3.8) is 0 Å². The minimum absolute atomic E-state index is 0.0939. The van der Waals surface area contributed by atoms with Gasteiger partial charge < -0.3 is 15.2 Å². The van der Waals surface area contributed by atoms with Crippen molar-refractivity contribution in [2.45, 2.75) is 32.9 Å². The van der Waals surface area contributed by atoms with Gasteiger partial charge in [0, 0.05) is 18.3 Å². The van der Waals surface area contributed by atoms with Crippen LogP contribution in [0, 0.1) is 6.92 Å². The van der Waals surface area contributed by atoms with Gasteiger partial charge in [0.15, 0.2) is 0 Å². The second-order valence-corrected chi connectivity index (χ2v) is 6.11. The van der Waals surface area contributed by atoms with Crippen LogP contribution in [0.4, 0.5) is 0 Å². The van der Waals surface area contributed by atoms with Crippen LogP contribution in [0.15, 0.2) is 24.4 Å². The molecule has 0 saturated heterocycles. The summed E-state index contributed by atoms with van der Waals surface area (Å²) in [6, 6.07) is 5.94. The third-order valence-electron chi connectivity index (χ3n) is 2.86. The number of aromatic nitrogens is 1. The summed E-state index contributed by atoms with van der Waals surface area (Å²) in [5, 5.41) is 1.05. The van der Waals surface area contributed by atoms with Gasteiger partial charge in [0.05, 0.1) is 17.0 Å². The summed E-state index contributed by atoms with van der Waals surface area (Å²) < 4.78 is 11.2. The lowest BCUT2D eigenvalue weighted by molar-refractivity contribution is 0.303. The highest BCUT2D eigenvalue weighted by Crippen LogP contribution is 2.27. The first-order valence-corrected chi connectivity index (χ1v) is 7.36. The lowest BCUT2D eigenvalue weighted by atomic mass is 10.1. The van der Waals surface area contributed by atoms with Gasteiger partial charge in [-0.25, -0.2) is 4.98 Å². The van der Waals surface area contributed by atoms with Crippen LogP contribution < -0.4 is 15.2 Å². The van der Waals surface area contributed by atoms with Crippen molar-refractivity contribution < 1.29 is 9.47 Å². The minimum Gasteiger partial charge on any atom is -0.497 e. The maximum Gasteiger partial charge on any atom is 0.126 e. The van der Waals surface area contributed by atoms with Crippen molar-refractivity contribution in [2.75, 3.05) is 7.11 Å². The number of thiazole rings is 1. The quantitative estimate of drug-likeness (QED) is 0.889. The number of methoxy groups -OCH3 is 1. The van der Waals surface area contributed by atoms with E-state index < -0.39 is 0 Å². The van der Waals surface area contributed by atoms with E-state index in [0.29, 0.717) is 6.61 Å². The van der Waals surface area contributed by atoms with E-state index in [-0.39, 0.29) is 6.04 Å². The van der Waals surface area contributed by atoms with Crippen molar-refractivity contribution in [2.24, 2.45) is 5.73 Å². The first-order chi connectivity index (χ1) is 9.58. The molecule has 4 nitrogen and oxygen atoms in total. The highest BCUT2D eigenvalue weighted by molar-refractivity contribution is 7.11. The summed E-state index contributed by atoms with van der Waals surface area (Å²) >= 11 is 1.64. The molecular formula is C15H20N2O2S. The molecular weight excluding hydrogens is 272 g/mol. The average Bonchev–Trinajstić information content (AvgIpc) is 2.83. The molecule has 2 rings (SSSR count). The van der Waals surface area contributed by atoms with Crippen molar-refractivity contribution >= 4 is 11.3 Å². The number of nitrogens with two attached hydrogens (primary N) is 1. The zero-order chi connectivity index (χ0) is 14.5. The molecule has 2 aromatic rings. The molecule has 0 fully saturated rings. The third kappa shape index (κ3) is 3.95. The van der Waals surface area contributed by atoms with Gasteiger partial charge in [0.25, 0.3) is 0 Å². The zero-order valence-electron chi connectivity index (χ0n) is 12.1. The van der Waals surface area contributed by atoms with Crippen molar-refractivity contribution in [1.29, 1.82) is 0 Å². The van der Waals surface area contributed by atoms with Gasteiger partial charge in [-0.2, -0.15) is 0 Å². The van der Waals surface area contributed by atoms with Gasteiger partial charge >= 0.3 is 0 Å². The van der Waals surface area contributed by atoms with E-state index in [9.17, 15) is 0 Å². The molecule has 2 N–H and O–H groups in total. The van der Waals surface area contributed by atoms with E-state index in [1.165, 1.54) is 0 Å².